The average molecular weight is 409 g/mol. The van der Waals surface area contributed by atoms with Crippen LogP contribution in [0, 0.1) is 0 Å². The highest BCUT2D eigenvalue weighted by Gasteiger charge is 2.42. The zero-order valence-electron chi connectivity index (χ0n) is 18.0. The number of carbonyl (C=O) groups is 1. The van der Waals surface area contributed by atoms with E-state index in [1.54, 1.807) is 12.3 Å². The zero-order valence-corrected chi connectivity index (χ0v) is 18.0. The van der Waals surface area contributed by atoms with Crippen LogP contribution >= 0.6 is 0 Å². The lowest BCUT2D eigenvalue weighted by atomic mass is 9.88. The number of piperidine rings is 1. The quantitative estimate of drug-likeness (QED) is 0.796. The number of amides is 1. The van der Waals surface area contributed by atoms with E-state index >= 15 is 0 Å². The summed E-state index contributed by atoms with van der Waals surface area (Å²) in [5.41, 5.74) is 3.04. The van der Waals surface area contributed by atoms with Crippen LogP contribution in [-0.4, -0.2) is 61.2 Å². The van der Waals surface area contributed by atoms with E-state index in [1.165, 1.54) is 11.3 Å². The summed E-state index contributed by atoms with van der Waals surface area (Å²) < 4.78 is 6.45. The Morgan fingerprint density at radius 1 is 1.17 bits per heavy atom. The van der Waals surface area contributed by atoms with Gasteiger partial charge in [-0.2, -0.15) is 0 Å². The minimum Gasteiger partial charge on any atom is -0.378 e. The number of hydrogen-bond donors (Lipinski definition) is 1. The second-order valence-corrected chi connectivity index (χ2v) is 8.72. The molecule has 4 rings (SSSR count). The molecule has 1 N–H and O–H groups in total. The van der Waals surface area contributed by atoms with Crippen LogP contribution in [-0.2, 0) is 11.3 Å². The van der Waals surface area contributed by atoms with Gasteiger partial charge in [-0.05, 0) is 55.5 Å². The number of aromatic nitrogens is 1. The van der Waals surface area contributed by atoms with Gasteiger partial charge in [-0.1, -0.05) is 18.2 Å². The zero-order chi connectivity index (χ0) is 21.0. The molecule has 0 bridgehead atoms. The van der Waals surface area contributed by atoms with E-state index in [0.29, 0.717) is 12.2 Å². The van der Waals surface area contributed by atoms with Crippen molar-refractivity contribution in [1.29, 1.82) is 0 Å². The Morgan fingerprint density at radius 2 is 1.93 bits per heavy atom. The Kier molecular flexibility index (Phi) is 6.35. The molecule has 1 spiro atoms. The maximum atomic E-state index is 12.2. The van der Waals surface area contributed by atoms with Gasteiger partial charge in [-0.25, -0.2) is 0 Å². The van der Waals surface area contributed by atoms with Gasteiger partial charge in [0.1, 0.15) is 5.69 Å². The first-order chi connectivity index (χ1) is 14.5. The maximum Gasteiger partial charge on any atom is 0.269 e. The van der Waals surface area contributed by atoms with E-state index in [2.05, 4.69) is 58.5 Å². The number of ether oxygens (including phenoxy) is 1. The van der Waals surface area contributed by atoms with Crippen molar-refractivity contribution in [3.05, 3.63) is 59.9 Å². The molecule has 6 heteroatoms. The molecular formula is C24H32N4O2. The van der Waals surface area contributed by atoms with Crippen LogP contribution in [0.4, 0.5) is 5.69 Å². The molecule has 1 atom stereocenters. The van der Waals surface area contributed by atoms with E-state index in [-0.39, 0.29) is 17.6 Å². The molecule has 2 aliphatic rings. The third-order valence-corrected chi connectivity index (χ3v) is 6.35. The number of benzene rings is 1. The van der Waals surface area contributed by atoms with Crippen LogP contribution in [0.1, 0.15) is 41.7 Å². The number of nitrogens with zero attached hydrogens (tertiary/aromatic N) is 3. The minimum atomic E-state index is -0.129. The summed E-state index contributed by atoms with van der Waals surface area (Å²) in [5, 5.41) is 2.98. The van der Waals surface area contributed by atoms with E-state index in [1.807, 2.05) is 12.1 Å². The standard InChI is InChI=1S/C24H32N4O2/c1-27(2)20-8-6-19(7-9-20)18-28-15-12-24(13-16-28)11-10-21(30-24)17-26-23(29)22-5-3-4-14-25-22/h3-9,14,21H,10-13,15-18H2,1-2H3,(H,26,29)/t21-/m0/s1. The minimum absolute atomic E-state index is 0.00826. The van der Waals surface area contributed by atoms with Crippen molar-refractivity contribution in [3.63, 3.8) is 0 Å². The fourth-order valence-electron chi connectivity index (χ4n) is 4.48. The predicted molar refractivity (Wildman–Crippen MR) is 119 cm³/mol. The smallest absolute Gasteiger partial charge is 0.269 e. The third-order valence-electron chi connectivity index (χ3n) is 6.35. The van der Waals surface area contributed by atoms with E-state index in [0.717, 1.165) is 45.3 Å². The van der Waals surface area contributed by atoms with Gasteiger partial charge in [0.2, 0.25) is 0 Å². The molecule has 2 saturated heterocycles. The summed E-state index contributed by atoms with van der Waals surface area (Å²) in [4.78, 5) is 21.0. The molecular weight excluding hydrogens is 376 g/mol. The lowest BCUT2D eigenvalue weighted by Gasteiger charge is -2.39. The van der Waals surface area contributed by atoms with E-state index in [9.17, 15) is 4.79 Å². The van der Waals surface area contributed by atoms with Gasteiger partial charge >= 0.3 is 0 Å². The van der Waals surface area contributed by atoms with Crippen LogP contribution in [0.5, 0.6) is 0 Å². The number of pyridine rings is 1. The Balaban J connectivity index is 1.22. The van der Waals surface area contributed by atoms with E-state index < -0.39 is 0 Å². The van der Waals surface area contributed by atoms with Crippen LogP contribution in [0.3, 0.4) is 0 Å². The first kappa shape index (κ1) is 20.8. The Bertz CT molecular complexity index is 830. The number of anilines is 1. The molecule has 1 aromatic heterocycles. The van der Waals surface area contributed by atoms with Gasteiger partial charge in [0.05, 0.1) is 11.7 Å². The third kappa shape index (κ3) is 4.99. The molecule has 3 heterocycles. The van der Waals surface area contributed by atoms with Crippen molar-refractivity contribution in [1.82, 2.24) is 15.2 Å². The van der Waals surface area contributed by atoms with Gasteiger partial charge < -0.3 is 15.0 Å². The highest BCUT2D eigenvalue weighted by Crippen LogP contribution is 2.39. The summed E-state index contributed by atoms with van der Waals surface area (Å²) >= 11 is 0. The van der Waals surface area contributed by atoms with Crippen LogP contribution < -0.4 is 10.2 Å². The second kappa shape index (κ2) is 9.14. The lowest BCUT2D eigenvalue weighted by molar-refractivity contribution is -0.0764. The lowest BCUT2D eigenvalue weighted by Crippen LogP contribution is -2.44. The number of likely N-dealkylation sites (tertiary alicyclic amines) is 1. The fourth-order valence-corrected chi connectivity index (χ4v) is 4.48. The molecule has 30 heavy (non-hydrogen) atoms. The molecule has 2 aromatic rings. The molecule has 1 aromatic carbocycles. The van der Waals surface area contributed by atoms with Crippen molar-refractivity contribution in [3.8, 4) is 0 Å². The first-order valence-electron chi connectivity index (χ1n) is 10.9. The van der Waals surface area contributed by atoms with Crippen molar-refractivity contribution >= 4 is 11.6 Å². The van der Waals surface area contributed by atoms with Crippen molar-refractivity contribution < 1.29 is 9.53 Å². The summed E-state index contributed by atoms with van der Waals surface area (Å²) in [6.07, 6.45) is 5.96. The van der Waals surface area contributed by atoms with Gasteiger partial charge in [0, 0.05) is 52.2 Å². The van der Waals surface area contributed by atoms with Gasteiger partial charge in [0.25, 0.3) is 5.91 Å². The van der Waals surface area contributed by atoms with Crippen molar-refractivity contribution in [2.24, 2.45) is 0 Å². The number of nitrogens with one attached hydrogen (secondary N) is 1. The maximum absolute atomic E-state index is 12.2. The van der Waals surface area contributed by atoms with Crippen LogP contribution in [0.15, 0.2) is 48.7 Å². The summed E-state index contributed by atoms with van der Waals surface area (Å²) in [7, 11) is 4.13. The molecule has 0 aliphatic carbocycles. The normalized spacial score (nSPS) is 20.9. The first-order valence-corrected chi connectivity index (χ1v) is 10.9. The second-order valence-electron chi connectivity index (χ2n) is 8.72. The van der Waals surface area contributed by atoms with Crippen molar-refractivity contribution in [2.75, 3.05) is 38.6 Å². The number of rotatable bonds is 6. The Hall–Kier alpha value is -2.44. The molecule has 2 aliphatic heterocycles. The molecule has 6 nitrogen and oxygen atoms in total. The molecule has 160 valence electrons. The molecule has 1 amide bonds. The predicted octanol–water partition coefficient (Wildman–Crippen LogP) is 3.09. The highest BCUT2D eigenvalue weighted by atomic mass is 16.5. The molecule has 0 saturated carbocycles. The fraction of sp³-hybridized carbons (Fsp3) is 0.500. The van der Waals surface area contributed by atoms with E-state index in [4.69, 9.17) is 4.74 Å². The van der Waals surface area contributed by atoms with Crippen LogP contribution in [0.2, 0.25) is 0 Å². The van der Waals surface area contributed by atoms with Crippen LogP contribution in [0.25, 0.3) is 0 Å². The topological polar surface area (TPSA) is 57.7 Å². The highest BCUT2D eigenvalue weighted by molar-refractivity contribution is 5.92. The average Bonchev–Trinajstić information content (AvgIpc) is 3.17. The Morgan fingerprint density at radius 3 is 2.60 bits per heavy atom. The van der Waals surface area contributed by atoms with Crippen molar-refractivity contribution in [2.45, 2.75) is 43.9 Å². The monoisotopic (exact) mass is 408 g/mol. The van der Waals surface area contributed by atoms with Gasteiger partial charge in [-0.15, -0.1) is 0 Å². The number of carbonyl (C=O) groups excluding carboxylic acids is 1. The largest absolute Gasteiger partial charge is 0.378 e. The van der Waals surface area contributed by atoms with Gasteiger partial charge in [-0.3, -0.25) is 14.7 Å². The summed E-state index contributed by atoms with van der Waals surface area (Å²) in [5.74, 6) is -0.129. The summed E-state index contributed by atoms with van der Waals surface area (Å²) in [6, 6.07) is 14.2. The molecule has 2 fully saturated rings. The Labute approximate surface area is 179 Å². The summed E-state index contributed by atoms with van der Waals surface area (Å²) in [6.45, 7) is 3.66. The SMILES string of the molecule is CN(C)c1ccc(CN2CCC3(CC[C@@H](CNC(=O)c4ccccn4)O3)CC2)cc1. The van der Waals surface area contributed by atoms with Gasteiger partial charge in [0.15, 0.2) is 0 Å². The number of hydrogen-bond acceptors (Lipinski definition) is 5. The molecule has 0 radical (unpaired) electrons. The molecule has 0 unspecified atom stereocenters.